The molecule has 1 aliphatic rings. The van der Waals surface area contributed by atoms with Gasteiger partial charge in [-0.1, -0.05) is 31.4 Å². The van der Waals surface area contributed by atoms with Crippen LogP contribution in [0.3, 0.4) is 0 Å². The molecule has 2 unspecified atom stereocenters. The zero-order valence-corrected chi connectivity index (χ0v) is 11.9. The van der Waals surface area contributed by atoms with Crippen molar-refractivity contribution >= 4 is 0 Å². The zero-order valence-electron chi connectivity index (χ0n) is 11.9. The lowest BCUT2D eigenvalue weighted by Gasteiger charge is -2.31. The summed E-state index contributed by atoms with van der Waals surface area (Å²) in [7, 11) is 0. The van der Waals surface area contributed by atoms with E-state index in [9.17, 15) is 0 Å². The van der Waals surface area contributed by atoms with Crippen molar-refractivity contribution in [3.8, 4) is 0 Å². The molecule has 1 aromatic heterocycles. The van der Waals surface area contributed by atoms with Crippen LogP contribution in [0.4, 0.5) is 0 Å². The quantitative estimate of drug-likeness (QED) is 0.789. The first-order valence-electron chi connectivity index (χ1n) is 7.56. The molecule has 0 bridgehead atoms. The van der Waals surface area contributed by atoms with Gasteiger partial charge in [-0.3, -0.25) is 4.68 Å². The van der Waals surface area contributed by atoms with Gasteiger partial charge in [0.1, 0.15) is 0 Å². The summed E-state index contributed by atoms with van der Waals surface area (Å²) in [6.07, 6.45) is 9.35. The van der Waals surface area contributed by atoms with Crippen LogP contribution in [0.15, 0.2) is 6.20 Å². The van der Waals surface area contributed by atoms with Crippen molar-refractivity contribution in [3.63, 3.8) is 0 Å². The Hall–Kier alpha value is -0.940. The maximum absolute atomic E-state index is 8.79. The molecule has 0 radical (unpaired) electrons. The normalized spacial score (nSPS) is 23.7. The van der Waals surface area contributed by atoms with E-state index in [1.165, 1.54) is 32.1 Å². The monoisotopic (exact) mass is 266 g/mol. The van der Waals surface area contributed by atoms with Gasteiger partial charge >= 0.3 is 0 Å². The summed E-state index contributed by atoms with van der Waals surface area (Å²) in [6.45, 7) is 4.04. The molecule has 5 heteroatoms. The molecule has 5 nitrogen and oxygen atoms in total. The highest BCUT2D eigenvalue weighted by molar-refractivity contribution is 4.93. The molecule has 1 heterocycles. The van der Waals surface area contributed by atoms with E-state index in [-0.39, 0.29) is 6.61 Å². The van der Waals surface area contributed by atoms with Crippen LogP contribution < -0.4 is 5.32 Å². The summed E-state index contributed by atoms with van der Waals surface area (Å²) in [5.74, 6) is 0.818. The number of rotatable bonds is 7. The molecule has 0 amide bonds. The minimum absolute atomic E-state index is 0.202. The van der Waals surface area contributed by atoms with E-state index in [1.807, 2.05) is 10.9 Å². The van der Waals surface area contributed by atoms with Crippen molar-refractivity contribution in [2.75, 3.05) is 6.61 Å². The van der Waals surface area contributed by atoms with Crippen LogP contribution in [0.1, 0.15) is 51.1 Å². The van der Waals surface area contributed by atoms with Crippen LogP contribution in [-0.2, 0) is 13.1 Å². The van der Waals surface area contributed by atoms with Gasteiger partial charge in [0, 0.05) is 31.9 Å². The van der Waals surface area contributed by atoms with E-state index in [1.54, 1.807) is 0 Å². The summed E-state index contributed by atoms with van der Waals surface area (Å²) in [6, 6.07) is 0.640. The molecule has 1 fully saturated rings. The molecule has 0 aliphatic heterocycles. The number of nitrogens with zero attached hydrogens (tertiary/aromatic N) is 3. The molecule has 2 atom stereocenters. The van der Waals surface area contributed by atoms with E-state index in [0.717, 1.165) is 31.1 Å². The minimum Gasteiger partial charge on any atom is -0.396 e. The predicted octanol–water partition coefficient (Wildman–Crippen LogP) is 1.72. The number of hydrogen-bond acceptors (Lipinski definition) is 4. The SMILES string of the molecule is CCC1CCCCC1NCc1cn(CCCO)nn1. The molecule has 2 rings (SSSR count). The Labute approximate surface area is 115 Å². The Morgan fingerprint density at radius 2 is 2.26 bits per heavy atom. The van der Waals surface area contributed by atoms with Gasteiger partial charge in [-0.25, -0.2) is 0 Å². The number of aromatic nitrogens is 3. The third kappa shape index (κ3) is 4.28. The van der Waals surface area contributed by atoms with Crippen molar-refractivity contribution < 1.29 is 5.11 Å². The molecule has 1 saturated carbocycles. The van der Waals surface area contributed by atoms with Crippen molar-refractivity contribution in [1.82, 2.24) is 20.3 Å². The molecule has 1 aliphatic carbocycles. The Balaban J connectivity index is 1.79. The van der Waals surface area contributed by atoms with Crippen molar-refractivity contribution in [2.24, 2.45) is 5.92 Å². The minimum atomic E-state index is 0.202. The third-order valence-corrected chi connectivity index (χ3v) is 4.11. The lowest BCUT2D eigenvalue weighted by molar-refractivity contribution is 0.254. The van der Waals surface area contributed by atoms with Gasteiger partial charge in [0.05, 0.1) is 5.69 Å². The molecule has 2 N–H and O–H groups in total. The fourth-order valence-corrected chi connectivity index (χ4v) is 2.96. The fraction of sp³-hybridized carbons (Fsp3) is 0.857. The highest BCUT2D eigenvalue weighted by Gasteiger charge is 2.23. The summed E-state index contributed by atoms with van der Waals surface area (Å²) in [4.78, 5) is 0. The fourth-order valence-electron chi connectivity index (χ4n) is 2.96. The second kappa shape index (κ2) is 7.60. The van der Waals surface area contributed by atoms with Gasteiger partial charge in [0.15, 0.2) is 0 Å². The van der Waals surface area contributed by atoms with E-state index in [0.29, 0.717) is 6.04 Å². The Morgan fingerprint density at radius 3 is 3.05 bits per heavy atom. The standard InChI is InChI=1S/C14H26N4O/c1-2-12-6-3-4-7-14(12)15-10-13-11-18(17-16-13)8-5-9-19/h11-12,14-15,19H,2-10H2,1H3. The van der Waals surface area contributed by atoms with Crippen molar-refractivity contribution in [3.05, 3.63) is 11.9 Å². The predicted molar refractivity (Wildman–Crippen MR) is 74.6 cm³/mol. The molecule has 108 valence electrons. The number of aliphatic hydroxyl groups excluding tert-OH is 1. The molecule has 0 saturated heterocycles. The van der Waals surface area contributed by atoms with Gasteiger partial charge in [-0.15, -0.1) is 5.10 Å². The topological polar surface area (TPSA) is 63.0 Å². The highest BCUT2D eigenvalue weighted by Crippen LogP contribution is 2.26. The summed E-state index contributed by atoms with van der Waals surface area (Å²) >= 11 is 0. The molecular weight excluding hydrogens is 240 g/mol. The first-order chi connectivity index (χ1) is 9.33. The lowest BCUT2D eigenvalue weighted by atomic mass is 9.83. The van der Waals surface area contributed by atoms with Crippen LogP contribution >= 0.6 is 0 Å². The van der Waals surface area contributed by atoms with Crippen LogP contribution in [0.2, 0.25) is 0 Å². The summed E-state index contributed by atoms with van der Waals surface area (Å²) in [5, 5.41) is 20.7. The van der Waals surface area contributed by atoms with Crippen molar-refractivity contribution in [1.29, 1.82) is 0 Å². The van der Waals surface area contributed by atoms with Crippen LogP contribution in [-0.4, -0.2) is 32.7 Å². The smallest absolute Gasteiger partial charge is 0.0964 e. The first-order valence-corrected chi connectivity index (χ1v) is 7.56. The third-order valence-electron chi connectivity index (χ3n) is 4.11. The largest absolute Gasteiger partial charge is 0.396 e. The molecule has 0 spiro atoms. The maximum atomic E-state index is 8.79. The zero-order chi connectivity index (χ0) is 13.5. The first kappa shape index (κ1) is 14.5. The second-order valence-electron chi connectivity index (χ2n) is 5.49. The van der Waals surface area contributed by atoms with Gasteiger partial charge in [0.2, 0.25) is 0 Å². The Morgan fingerprint density at radius 1 is 1.42 bits per heavy atom. The number of hydrogen-bond donors (Lipinski definition) is 2. The lowest BCUT2D eigenvalue weighted by Crippen LogP contribution is -2.37. The van der Waals surface area contributed by atoms with E-state index in [4.69, 9.17) is 5.11 Å². The number of aliphatic hydroxyl groups is 1. The van der Waals surface area contributed by atoms with Crippen LogP contribution in [0.25, 0.3) is 0 Å². The summed E-state index contributed by atoms with van der Waals surface area (Å²) < 4.78 is 1.81. The van der Waals surface area contributed by atoms with Gasteiger partial charge < -0.3 is 10.4 Å². The Bertz CT molecular complexity index is 366. The average molecular weight is 266 g/mol. The van der Waals surface area contributed by atoms with Crippen LogP contribution in [0.5, 0.6) is 0 Å². The van der Waals surface area contributed by atoms with E-state index < -0.39 is 0 Å². The molecule has 19 heavy (non-hydrogen) atoms. The molecule has 0 aromatic carbocycles. The number of aryl methyl sites for hydroxylation is 1. The second-order valence-corrected chi connectivity index (χ2v) is 5.49. The van der Waals surface area contributed by atoms with Gasteiger partial charge in [-0.2, -0.15) is 0 Å². The average Bonchev–Trinajstić information content (AvgIpc) is 2.91. The van der Waals surface area contributed by atoms with Gasteiger partial charge in [-0.05, 0) is 25.2 Å². The van der Waals surface area contributed by atoms with E-state index in [2.05, 4.69) is 22.6 Å². The maximum Gasteiger partial charge on any atom is 0.0964 e. The van der Waals surface area contributed by atoms with E-state index >= 15 is 0 Å². The van der Waals surface area contributed by atoms with Crippen LogP contribution in [0, 0.1) is 5.92 Å². The Kier molecular flexibility index (Phi) is 5.79. The van der Waals surface area contributed by atoms with Gasteiger partial charge in [0.25, 0.3) is 0 Å². The highest BCUT2D eigenvalue weighted by atomic mass is 16.3. The number of nitrogens with one attached hydrogen (secondary N) is 1. The molecular formula is C14H26N4O. The van der Waals surface area contributed by atoms with Crippen molar-refractivity contribution in [2.45, 2.75) is 64.6 Å². The summed E-state index contributed by atoms with van der Waals surface area (Å²) in [5.41, 5.74) is 0.998. The molecule has 1 aromatic rings.